The highest BCUT2D eigenvalue weighted by Gasteiger charge is 2.16. The van der Waals surface area contributed by atoms with Crippen LogP contribution in [-0.4, -0.2) is 34.5 Å². The van der Waals surface area contributed by atoms with E-state index in [1.807, 2.05) is 67.8 Å². The van der Waals surface area contributed by atoms with Crippen molar-refractivity contribution in [3.8, 4) is 22.6 Å². The molecule has 7 heteroatoms. The van der Waals surface area contributed by atoms with Crippen LogP contribution in [0.5, 0.6) is 11.5 Å². The highest BCUT2D eigenvalue weighted by Crippen LogP contribution is 2.31. The minimum absolute atomic E-state index is 0.0122. The molecule has 2 heterocycles. The molecule has 0 fully saturated rings. The van der Waals surface area contributed by atoms with Crippen LogP contribution in [0.4, 0.5) is 0 Å². The maximum atomic E-state index is 13.2. The molecule has 2 aromatic heterocycles. The lowest BCUT2D eigenvalue weighted by Crippen LogP contribution is -2.30. The van der Waals surface area contributed by atoms with Crippen LogP contribution in [0.2, 0.25) is 0 Å². The summed E-state index contributed by atoms with van der Waals surface area (Å²) in [6.07, 6.45) is 4.49. The smallest absolute Gasteiger partial charge is 0.262 e. The summed E-state index contributed by atoms with van der Waals surface area (Å²) >= 11 is 1.44. The van der Waals surface area contributed by atoms with Crippen molar-refractivity contribution in [2.75, 3.05) is 13.7 Å². The molecule has 0 saturated carbocycles. The number of ether oxygens (including phenoxy) is 2. The zero-order chi connectivity index (χ0) is 23.4. The lowest BCUT2D eigenvalue weighted by atomic mass is 10.1. The van der Waals surface area contributed by atoms with Gasteiger partial charge in [0, 0.05) is 10.9 Å². The summed E-state index contributed by atoms with van der Waals surface area (Å²) in [6, 6.07) is 13.6. The molecule has 1 atom stereocenters. The maximum absolute atomic E-state index is 13.2. The number of hydrogen-bond acceptors (Lipinski definition) is 6. The summed E-state index contributed by atoms with van der Waals surface area (Å²) in [5.41, 5.74) is 3.81. The number of fused-ring (bicyclic) bond motifs is 1. The molecule has 0 aliphatic rings. The van der Waals surface area contributed by atoms with Gasteiger partial charge in [0.2, 0.25) is 0 Å². The first-order chi connectivity index (χ1) is 16.0. The van der Waals surface area contributed by atoms with Crippen LogP contribution in [0.1, 0.15) is 18.1 Å². The normalized spacial score (nSPS) is 12.4. The second kappa shape index (κ2) is 10.0. The molecule has 0 aliphatic carbocycles. The highest BCUT2D eigenvalue weighted by molar-refractivity contribution is 7.17. The van der Waals surface area contributed by atoms with Crippen molar-refractivity contribution in [2.45, 2.75) is 26.5 Å². The molecule has 0 amide bonds. The van der Waals surface area contributed by atoms with E-state index in [-0.39, 0.29) is 18.7 Å². The summed E-state index contributed by atoms with van der Waals surface area (Å²) in [5.74, 6) is 1.12. The van der Waals surface area contributed by atoms with Crippen molar-refractivity contribution in [3.05, 3.63) is 81.7 Å². The fourth-order valence-corrected chi connectivity index (χ4v) is 4.51. The molecule has 0 radical (unpaired) electrons. The van der Waals surface area contributed by atoms with Crippen LogP contribution in [0, 0.1) is 6.92 Å². The quantitative estimate of drug-likeness (QED) is 0.403. The number of aromatic nitrogens is 2. The van der Waals surface area contributed by atoms with Gasteiger partial charge < -0.3 is 14.6 Å². The van der Waals surface area contributed by atoms with Crippen molar-refractivity contribution in [1.82, 2.24) is 9.55 Å². The first-order valence-corrected chi connectivity index (χ1v) is 11.5. The molecule has 0 aliphatic heterocycles. The number of methoxy groups -OCH3 is 1. The summed E-state index contributed by atoms with van der Waals surface area (Å²) < 4.78 is 12.6. The number of thiophene rings is 1. The van der Waals surface area contributed by atoms with E-state index >= 15 is 0 Å². The van der Waals surface area contributed by atoms with E-state index in [0.717, 1.165) is 22.3 Å². The monoisotopic (exact) mass is 462 g/mol. The van der Waals surface area contributed by atoms with Gasteiger partial charge in [-0.3, -0.25) is 9.36 Å². The van der Waals surface area contributed by atoms with E-state index in [0.29, 0.717) is 21.7 Å². The van der Waals surface area contributed by atoms with Gasteiger partial charge in [-0.2, -0.15) is 0 Å². The van der Waals surface area contributed by atoms with Gasteiger partial charge in [-0.25, -0.2) is 4.98 Å². The molecule has 1 unspecified atom stereocenters. The van der Waals surface area contributed by atoms with E-state index < -0.39 is 6.10 Å². The van der Waals surface area contributed by atoms with Crippen LogP contribution in [0.25, 0.3) is 27.4 Å². The largest absolute Gasteiger partial charge is 0.493 e. The lowest BCUT2D eigenvalue weighted by Gasteiger charge is -2.16. The molecular weight excluding hydrogens is 436 g/mol. The standard InChI is InChI=1S/C26H26N2O4S/c1-4-5-18-8-11-22(23(12-18)31-3)32-14-20(29)13-28-16-27-25-24(26(28)30)21(15-33-25)19-9-6-17(2)7-10-19/h4-12,15-16,20,29H,13-14H2,1-3H3/b5-4+. The number of benzene rings is 2. The SMILES string of the molecule is C/C=C/c1ccc(OCC(O)Cn2cnc3scc(-c4ccc(C)cc4)c3c2=O)c(OC)c1. The van der Waals surface area contributed by atoms with E-state index in [4.69, 9.17) is 9.47 Å². The van der Waals surface area contributed by atoms with Crippen LogP contribution >= 0.6 is 11.3 Å². The van der Waals surface area contributed by atoms with Gasteiger partial charge in [0.05, 0.1) is 25.4 Å². The van der Waals surface area contributed by atoms with Crippen LogP contribution < -0.4 is 15.0 Å². The molecule has 2 aromatic carbocycles. The molecule has 0 spiro atoms. The fraction of sp³-hybridized carbons (Fsp3) is 0.231. The van der Waals surface area contributed by atoms with Crippen molar-refractivity contribution >= 4 is 27.6 Å². The van der Waals surface area contributed by atoms with Gasteiger partial charge in [0.1, 0.15) is 17.5 Å². The third-order valence-electron chi connectivity index (χ3n) is 5.31. The lowest BCUT2D eigenvalue weighted by molar-refractivity contribution is 0.0900. The molecule has 4 aromatic rings. The Morgan fingerprint density at radius 1 is 1.18 bits per heavy atom. The number of aliphatic hydroxyl groups is 1. The van der Waals surface area contributed by atoms with Gasteiger partial charge in [-0.15, -0.1) is 11.3 Å². The Labute approximate surface area is 196 Å². The van der Waals surface area contributed by atoms with Crippen LogP contribution in [-0.2, 0) is 6.54 Å². The molecule has 170 valence electrons. The van der Waals surface area contributed by atoms with E-state index in [1.165, 1.54) is 22.2 Å². The van der Waals surface area contributed by atoms with Gasteiger partial charge in [0.25, 0.3) is 5.56 Å². The number of rotatable bonds is 8. The molecule has 1 N–H and O–H groups in total. The predicted octanol–water partition coefficient (Wildman–Crippen LogP) is 4.92. The Bertz CT molecular complexity index is 1340. The molecule has 0 bridgehead atoms. The second-order valence-electron chi connectivity index (χ2n) is 7.77. The Morgan fingerprint density at radius 2 is 1.97 bits per heavy atom. The Hall–Kier alpha value is -3.42. The summed E-state index contributed by atoms with van der Waals surface area (Å²) in [4.78, 5) is 18.3. The minimum atomic E-state index is -0.900. The Balaban J connectivity index is 1.52. The van der Waals surface area contributed by atoms with Gasteiger partial charge >= 0.3 is 0 Å². The summed E-state index contributed by atoms with van der Waals surface area (Å²) in [7, 11) is 1.57. The van der Waals surface area contributed by atoms with Crippen LogP contribution in [0.15, 0.2) is 65.0 Å². The molecule has 6 nitrogen and oxygen atoms in total. The second-order valence-corrected chi connectivity index (χ2v) is 8.63. The molecule has 0 saturated heterocycles. The first kappa shape index (κ1) is 22.8. The van der Waals surface area contributed by atoms with E-state index in [9.17, 15) is 9.90 Å². The summed E-state index contributed by atoms with van der Waals surface area (Å²) in [6.45, 7) is 4.06. The van der Waals surface area contributed by atoms with Crippen molar-refractivity contribution in [2.24, 2.45) is 0 Å². The van der Waals surface area contributed by atoms with E-state index in [2.05, 4.69) is 4.98 Å². The number of aliphatic hydroxyl groups excluding tert-OH is 1. The van der Waals surface area contributed by atoms with Crippen LogP contribution in [0.3, 0.4) is 0 Å². The summed E-state index contributed by atoms with van der Waals surface area (Å²) in [5, 5.41) is 13.1. The Kier molecular flexibility index (Phi) is 6.91. The number of nitrogens with zero attached hydrogens (tertiary/aromatic N) is 2. The number of allylic oxidation sites excluding steroid dienone is 1. The molecule has 4 rings (SSSR count). The maximum Gasteiger partial charge on any atom is 0.262 e. The molecule has 33 heavy (non-hydrogen) atoms. The van der Waals surface area contributed by atoms with Crippen molar-refractivity contribution in [3.63, 3.8) is 0 Å². The average Bonchev–Trinajstić information content (AvgIpc) is 3.25. The average molecular weight is 463 g/mol. The van der Waals surface area contributed by atoms with Gasteiger partial charge in [0.15, 0.2) is 11.5 Å². The van der Waals surface area contributed by atoms with E-state index in [1.54, 1.807) is 13.2 Å². The minimum Gasteiger partial charge on any atom is -0.493 e. The molecular formula is C26H26N2O4S. The number of aryl methyl sites for hydroxylation is 1. The van der Waals surface area contributed by atoms with Crippen molar-refractivity contribution < 1.29 is 14.6 Å². The van der Waals surface area contributed by atoms with Gasteiger partial charge in [-0.1, -0.05) is 48.0 Å². The first-order valence-electron chi connectivity index (χ1n) is 10.7. The number of hydrogen-bond donors (Lipinski definition) is 1. The topological polar surface area (TPSA) is 73.6 Å². The van der Waals surface area contributed by atoms with Gasteiger partial charge in [-0.05, 0) is 37.1 Å². The fourth-order valence-electron chi connectivity index (χ4n) is 3.61. The zero-order valence-corrected chi connectivity index (χ0v) is 19.6. The Morgan fingerprint density at radius 3 is 2.70 bits per heavy atom. The zero-order valence-electron chi connectivity index (χ0n) is 18.8. The third kappa shape index (κ3) is 4.99. The predicted molar refractivity (Wildman–Crippen MR) is 133 cm³/mol. The van der Waals surface area contributed by atoms with Crippen molar-refractivity contribution in [1.29, 1.82) is 0 Å². The highest BCUT2D eigenvalue weighted by atomic mass is 32.1. The third-order valence-corrected chi connectivity index (χ3v) is 6.20.